The third-order valence-electron chi connectivity index (χ3n) is 3.04. The minimum absolute atomic E-state index is 0.295. The lowest BCUT2D eigenvalue weighted by Gasteiger charge is -2.12. The molecular weight excluding hydrogens is 291 g/mol. The number of nitrogens with zero attached hydrogens (tertiary/aromatic N) is 1. The van der Waals surface area contributed by atoms with Crippen molar-refractivity contribution in [2.24, 2.45) is 0 Å². The highest BCUT2D eigenvalue weighted by molar-refractivity contribution is 7.17. The van der Waals surface area contributed by atoms with Gasteiger partial charge in [-0.2, -0.15) is 0 Å². The molecule has 21 heavy (non-hydrogen) atoms. The summed E-state index contributed by atoms with van der Waals surface area (Å²) >= 11 is 1.38. The molecule has 106 valence electrons. The van der Waals surface area contributed by atoms with Gasteiger partial charge < -0.3 is 10.1 Å². The van der Waals surface area contributed by atoms with E-state index in [1.165, 1.54) is 24.5 Å². The van der Waals surface area contributed by atoms with Crippen LogP contribution in [0.4, 0.5) is 15.8 Å². The van der Waals surface area contributed by atoms with Crippen LogP contribution in [0.2, 0.25) is 0 Å². The minimum atomic E-state index is -0.482. The second-order valence-electron chi connectivity index (χ2n) is 4.29. The number of halogens is 1. The third-order valence-corrected chi connectivity index (χ3v) is 3.90. The van der Waals surface area contributed by atoms with Crippen LogP contribution in [-0.2, 0) is 4.74 Å². The molecule has 3 rings (SSSR count). The number of benzene rings is 2. The highest BCUT2D eigenvalue weighted by Crippen LogP contribution is 2.33. The van der Waals surface area contributed by atoms with Crippen LogP contribution < -0.4 is 5.32 Å². The summed E-state index contributed by atoms with van der Waals surface area (Å²) in [6, 6.07) is 9.65. The van der Waals surface area contributed by atoms with Crippen LogP contribution in [0.5, 0.6) is 0 Å². The number of hydrogen-bond donors (Lipinski definition) is 1. The maximum absolute atomic E-state index is 13.8. The van der Waals surface area contributed by atoms with Gasteiger partial charge in [-0.3, -0.25) is 0 Å². The molecule has 0 spiro atoms. The van der Waals surface area contributed by atoms with E-state index < -0.39 is 11.8 Å². The Balaban J connectivity index is 2.17. The maximum Gasteiger partial charge on any atom is 0.340 e. The van der Waals surface area contributed by atoms with Crippen molar-refractivity contribution in [1.29, 1.82) is 0 Å². The summed E-state index contributed by atoms with van der Waals surface area (Å²) in [6.07, 6.45) is 0. The average Bonchev–Trinajstić information content (AvgIpc) is 2.98. The van der Waals surface area contributed by atoms with Crippen molar-refractivity contribution in [2.45, 2.75) is 0 Å². The van der Waals surface area contributed by atoms with Gasteiger partial charge >= 0.3 is 5.97 Å². The fourth-order valence-electron chi connectivity index (χ4n) is 2.03. The quantitative estimate of drug-likeness (QED) is 0.744. The van der Waals surface area contributed by atoms with E-state index in [4.69, 9.17) is 4.74 Å². The summed E-state index contributed by atoms with van der Waals surface area (Å²) in [5, 5.41) is 2.98. The van der Waals surface area contributed by atoms with Gasteiger partial charge in [-0.1, -0.05) is 12.1 Å². The van der Waals surface area contributed by atoms with Gasteiger partial charge in [-0.25, -0.2) is 14.2 Å². The Morgan fingerprint density at radius 2 is 2.10 bits per heavy atom. The molecule has 1 aromatic heterocycles. The van der Waals surface area contributed by atoms with Gasteiger partial charge in [0.15, 0.2) is 0 Å². The van der Waals surface area contributed by atoms with Crippen molar-refractivity contribution in [1.82, 2.24) is 4.98 Å². The molecule has 0 aliphatic carbocycles. The molecule has 0 aliphatic rings. The molecule has 2 aromatic carbocycles. The number of ether oxygens (including phenoxy) is 1. The number of esters is 1. The number of anilines is 2. The lowest BCUT2D eigenvalue weighted by atomic mass is 10.1. The van der Waals surface area contributed by atoms with Crippen molar-refractivity contribution in [3.63, 3.8) is 0 Å². The average molecular weight is 302 g/mol. The first-order chi connectivity index (χ1) is 10.2. The van der Waals surface area contributed by atoms with Gasteiger partial charge in [0.25, 0.3) is 0 Å². The van der Waals surface area contributed by atoms with Gasteiger partial charge in [-0.15, -0.1) is 11.3 Å². The molecule has 4 nitrogen and oxygen atoms in total. The predicted octanol–water partition coefficient (Wildman–Crippen LogP) is 3.97. The standard InChI is InChI=1S/C15H11FN2O2S/c1-20-15(19)9-6-7-12-14(21-8-17-12)13(9)18-11-5-3-2-4-10(11)16/h2-8,18H,1H3. The van der Waals surface area contributed by atoms with Crippen LogP contribution in [-0.4, -0.2) is 18.1 Å². The summed E-state index contributed by atoms with van der Waals surface area (Å²) in [7, 11) is 1.31. The van der Waals surface area contributed by atoms with Crippen LogP contribution in [0.15, 0.2) is 41.9 Å². The topological polar surface area (TPSA) is 51.2 Å². The first-order valence-electron chi connectivity index (χ1n) is 6.17. The summed E-state index contributed by atoms with van der Waals surface area (Å²) in [5.74, 6) is -0.876. The van der Waals surface area contributed by atoms with Gasteiger partial charge in [0.1, 0.15) is 5.82 Å². The molecule has 0 unspecified atom stereocenters. The first-order valence-corrected chi connectivity index (χ1v) is 7.04. The predicted molar refractivity (Wildman–Crippen MR) is 80.6 cm³/mol. The van der Waals surface area contributed by atoms with E-state index in [9.17, 15) is 9.18 Å². The Bertz CT molecular complexity index is 816. The van der Waals surface area contributed by atoms with Gasteiger partial charge in [0.05, 0.1) is 39.8 Å². The zero-order valence-electron chi connectivity index (χ0n) is 11.1. The number of carbonyl (C=O) groups is 1. The molecule has 1 N–H and O–H groups in total. The number of thiazole rings is 1. The zero-order valence-corrected chi connectivity index (χ0v) is 11.9. The molecule has 1 heterocycles. The number of hydrogen-bond acceptors (Lipinski definition) is 5. The summed E-state index contributed by atoms with van der Waals surface area (Å²) in [5.41, 5.74) is 3.57. The maximum atomic E-state index is 13.8. The van der Waals surface area contributed by atoms with Crippen LogP contribution in [0.3, 0.4) is 0 Å². The molecule has 0 saturated carbocycles. The van der Waals surface area contributed by atoms with Gasteiger partial charge in [-0.05, 0) is 24.3 Å². The Kier molecular flexibility index (Phi) is 3.53. The van der Waals surface area contributed by atoms with E-state index in [0.717, 1.165) is 10.2 Å². The Morgan fingerprint density at radius 1 is 1.29 bits per heavy atom. The van der Waals surface area contributed by atoms with E-state index in [1.54, 1.807) is 35.8 Å². The zero-order chi connectivity index (χ0) is 14.8. The molecule has 0 aliphatic heterocycles. The van der Waals surface area contributed by atoms with Crippen LogP contribution in [0, 0.1) is 5.82 Å². The summed E-state index contributed by atoms with van der Waals surface area (Å²) < 4.78 is 19.4. The fourth-order valence-corrected chi connectivity index (χ4v) is 2.82. The molecule has 0 amide bonds. The highest BCUT2D eigenvalue weighted by Gasteiger charge is 2.17. The SMILES string of the molecule is COC(=O)c1ccc2ncsc2c1Nc1ccccc1F. The fraction of sp³-hybridized carbons (Fsp3) is 0.0667. The molecular formula is C15H11FN2O2S. The number of methoxy groups -OCH3 is 1. The van der Waals surface area contributed by atoms with E-state index in [-0.39, 0.29) is 0 Å². The normalized spacial score (nSPS) is 10.6. The van der Waals surface area contributed by atoms with Crippen LogP contribution in [0.25, 0.3) is 10.2 Å². The van der Waals surface area contributed by atoms with E-state index in [2.05, 4.69) is 10.3 Å². The Labute approximate surface area is 124 Å². The number of para-hydroxylation sites is 1. The second kappa shape index (κ2) is 5.49. The van der Waals surface area contributed by atoms with Crippen molar-refractivity contribution in [2.75, 3.05) is 12.4 Å². The number of carbonyl (C=O) groups excluding carboxylic acids is 1. The van der Waals surface area contributed by atoms with Gasteiger partial charge in [0, 0.05) is 0 Å². The van der Waals surface area contributed by atoms with E-state index >= 15 is 0 Å². The molecule has 0 atom stereocenters. The first kappa shape index (κ1) is 13.5. The third kappa shape index (κ3) is 2.45. The molecule has 3 aromatic rings. The minimum Gasteiger partial charge on any atom is -0.465 e. The lowest BCUT2D eigenvalue weighted by molar-refractivity contribution is 0.0602. The molecule has 0 radical (unpaired) electrons. The largest absolute Gasteiger partial charge is 0.465 e. The molecule has 0 fully saturated rings. The van der Waals surface area contributed by atoms with Crippen molar-refractivity contribution in [3.05, 3.63) is 53.3 Å². The number of nitrogens with one attached hydrogen (secondary N) is 1. The Morgan fingerprint density at radius 3 is 2.86 bits per heavy atom. The van der Waals surface area contributed by atoms with E-state index in [1.807, 2.05) is 0 Å². The monoisotopic (exact) mass is 302 g/mol. The molecule has 6 heteroatoms. The summed E-state index contributed by atoms with van der Waals surface area (Å²) in [4.78, 5) is 16.1. The summed E-state index contributed by atoms with van der Waals surface area (Å²) in [6.45, 7) is 0. The van der Waals surface area contributed by atoms with Crippen molar-refractivity contribution in [3.8, 4) is 0 Å². The van der Waals surface area contributed by atoms with Crippen LogP contribution in [0.1, 0.15) is 10.4 Å². The molecule has 0 bridgehead atoms. The number of fused-ring (bicyclic) bond motifs is 1. The molecule has 0 saturated heterocycles. The van der Waals surface area contributed by atoms with Crippen molar-refractivity contribution < 1.29 is 13.9 Å². The van der Waals surface area contributed by atoms with E-state index in [0.29, 0.717) is 16.9 Å². The van der Waals surface area contributed by atoms with Gasteiger partial charge in [0.2, 0.25) is 0 Å². The highest BCUT2D eigenvalue weighted by atomic mass is 32.1. The number of aromatic nitrogens is 1. The van der Waals surface area contributed by atoms with Crippen molar-refractivity contribution >= 4 is 38.9 Å². The smallest absolute Gasteiger partial charge is 0.340 e. The lowest BCUT2D eigenvalue weighted by Crippen LogP contribution is -2.06. The van der Waals surface area contributed by atoms with Crippen LogP contribution >= 0.6 is 11.3 Å². The number of rotatable bonds is 3. The second-order valence-corrected chi connectivity index (χ2v) is 5.14. The Hall–Kier alpha value is -2.47.